The van der Waals surface area contributed by atoms with Crippen molar-refractivity contribution in [3.63, 3.8) is 0 Å². The molecule has 0 bridgehead atoms. The van der Waals surface area contributed by atoms with E-state index in [4.69, 9.17) is 11.6 Å². The summed E-state index contributed by atoms with van der Waals surface area (Å²) in [6.45, 7) is 0. The van der Waals surface area contributed by atoms with E-state index in [1.807, 2.05) is 0 Å². The monoisotopic (exact) mass is 270 g/mol. The fourth-order valence-corrected chi connectivity index (χ4v) is 1.64. The molecule has 0 fully saturated rings. The Morgan fingerprint density at radius 1 is 0.950 bits per heavy atom. The van der Waals surface area contributed by atoms with Crippen molar-refractivity contribution in [2.24, 2.45) is 5.84 Å². The van der Waals surface area contributed by atoms with Gasteiger partial charge in [0.15, 0.2) is 0 Å². The Hall–Kier alpha value is -2.86. The third-order valence-electron chi connectivity index (χ3n) is 2.67. The van der Waals surface area contributed by atoms with Crippen molar-refractivity contribution in [2.75, 3.05) is 5.73 Å². The lowest BCUT2D eigenvalue weighted by molar-refractivity contribution is 0.0583. The number of benzene rings is 2. The molecule has 0 aliphatic carbocycles. The van der Waals surface area contributed by atoms with Crippen LogP contribution in [0.1, 0.15) is 20.7 Å². The van der Waals surface area contributed by atoms with Gasteiger partial charge in [-0.25, -0.2) is 11.3 Å². The zero-order valence-electron chi connectivity index (χ0n) is 10.6. The van der Waals surface area contributed by atoms with Crippen LogP contribution in [-0.4, -0.2) is 16.9 Å². The van der Waals surface area contributed by atoms with Crippen LogP contribution in [0.25, 0.3) is 0 Å². The molecule has 0 saturated carbocycles. The Balaban J connectivity index is 2.09. The van der Waals surface area contributed by atoms with Gasteiger partial charge in [0.2, 0.25) is 0 Å². The first-order valence-corrected chi connectivity index (χ1v) is 5.89. The van der Waals surface area contributed by atoms with Gasteiger partial charge in [-0.3, -0.25) is 9.59 Å². The fraction of sp³-hybridized carbons (Fsp3) is 0. The second-order valence-electron chi connectivity index (χ2n) is 4.07. The molecule has 0 saturated heterocycles. The molecule has 0 radical (unpaired) electrons. The molecule has 2 aromatic rings. The molecule has 0 spiro atoms. The van der Waals surface area contributed by atoms with Crippen molar-refractivity contribution >= 4 is 17.5 Å². The van der Waals surface area contributed by atoms with Gasteiger partial charge in [-0.15, -0.1) is 0 Å². The number of amides is 2. The SMILES string of the molecule is Nc1ccccc1C(=O)NN(N)C(=O)c1ccccc1. The summed E-state index contributed by atoms with van der Waals surface area (Å²) < 4.78 is 0. The van der Waals surface area contributed by atoms with Crippen molar-refractivity contribution in [1.82, 2.24) is 10.5 Å². The van der Waals surface area contributed by atoms with Gasteiger partial charge in [0, 0.05) is 11.3 Å². The van der Waals surface area contributed by atoms with E-state index in [2.05, 4.69) is 5.43 Å². The van der Waals surface area contributed by atoms with Gasteiger partial charge in [-0.05, 0) is 24.3 Å². The number of carbonyl (C=O) groups is 2. The lowest BCUT2D eigenvalue weighted by Gasteiger charge is -2.18. The maximum atomic E-state index is 12.0. The van der Waals surface area contributed by atoms with E-state index in [1.54, 1.807) is 54.6 Å². The van der Waals surface area contributed by atoms with E-state index < -0.39 is 11.8 Å². The standard InChI is InChI=1S/C14H14N4O2/c15-12-9-5-4-8-11(12)13(19)17-18(16)14(20)10-6-2-1-3-7-10/h1-9H,15-16H2,(H,17,19). The summed E-state index contributed by atoms with van der Waals surface area (Å²) in [5, 5.41) is 0.643. The van der Waals surface area contributed by atoms with Gasteiger partial charge in [-0.2, -0.15) is 5.12 Å². The molecular formula is C14H14N4O2. The molecule has 0 aliphatic rings. The molecule has 0 atom stereocenters. The van der Waals surface area contributed by atoms with Crippen LogP contribution in [0.2, 0.25) is 0 Å². The van der Waals surface area contributed by atoms with Crippen molar-refractivity contribution in [2.45, 2.75) is 0 Å². The molecule has 0 heterocycles. The highest BCUT2D eigenvalue weighted by Gasteiger charge is 2.16. The summed E-state index contributed by atoms with van der Waals surface area (Å²) in [5.74, 6) is 4.48. The zero-order chi connectivity index (χ0) is 14.5. The molecule has 0 aromatic heterocycles. The second-order valence-corrected chi connectivity index (χ2v) is 4.07. The van der Waals surface area contributed by atoms with Gasteiger partial charge in [0.05, 0.1) is 5.56 Å². The normalized spacial score (nSPS) is 9.85. The minimum Gasteiger partial charge on any atom is -0.398 e. The van der Waals surface area contributed by atoms with E-state index >= 15 is 0 Å². The Bertz CT molecular complexity index is 628. The van der Waals surface area contributed by atoms with Crippen molar-refractivity contribution in [3.8, 4) is 0 Å². The Morgan fingerprint density at radius 2 is 1.55 bits per heavy atom. The molecule has 2 aromatic carbocycles. The van der Waals surface area contributed by atoms with E-state index in [1.165, 1.54) is 0 Å². The van der Waals surface area contributed by atoms with Crippen LogP contribution in [0, 0.1) is 0 Å². The predicted molar refractivity (Wildman–Crippen MR) is 75.1 cm³/mol. The van der Waals surface area contributed by atoms with Gasteiger partial charge >= 0.3 is 0 Å². The Morgan fingerprint density at radius 3 is 2.20 bits per heavy atom. The predicted octanol–water partition coefficient (Wildman–Crippen LogP) is 0.930. The molecule has 6 nitrogen and oxygen atoms in total. The molecule has 20 heavy (non-hydrogen) atoms. The summed E-state index contributed by atoms with van der Waals surface area (Å²) in [4.78, 5) is 23.9. The number of nitrogen functional groups attached to an aromatic ring is 1. The first-order chi connectivity index (χ1) is 9.59. The number of hydrazine groups is 2. The summed E-state index contributed by atoms with van der Waals surface area (Å²) in [5.41, 5.74) is 8.89. The van der Waals surface area contributed by atoms with Crippen LogP contribution < -0.4 is 17.0 Å². The van der Waals surface area contributed by atoms with Crippen LogP contribution in [0.4, 0.5) is 5.69 Å². The Kier molecular flexibility index (Phi) is 3.97. The highest BCUT2D eigenvalue weighted by molar-refractivity contribution is 6.01. The number of rotatable bonds is 2. The van der Waals surface area contributed by atoms with Crippen LogP contribution in [0.3, 0.4) is 0 Å². The number of anilines is 1. The molecule has 6 heteroatoms. The second kappa shape index (κ2) is 5.85. The molecule has 2 rings (SSSR count). The highest BCUT2D eigenvalue weighted by atomic mass is 16.2. The number of para-hydroxylation sites is 1. The third kappa shape index (κ3) is 2.93. The number of carbonyl (C=O) groups excluding carboxylic acids is 2. The van der Waals surface area contributed by atoms with Crippen molar-refractivity contribution in [1.29, 1.82) is 0 Å². The molecule has 0 unspecified atom stereocenters. The highest BCUT2D eigenvalue weighted by Crippen LogP contribution is 2.10. The minimum absolute atomic E-state index is 0.254. The smallest absolute Gasteiger partial charge is 0.287 e. The average molecular weight is 270 g/mol. The van der Waals surface area contributed by atoms with E-state index in [0.717, 1.165) is 0 Å². The largest absolute Gasteiger partial charge is 0.398 e. The van der Waals surface area contributed by atoms with Crippen molar-refractivity contribution in [3.05, 3.63) is 65.7 Å². The van der Waals surface area contributed by atoms with E-state index in [9.17, 15) is 9.59 Å². The molecule has 102 valence electrons. The first-order valence-electron chi connectivity index (χ1n) is 5.89. The molecule has 0 aliphatic heterocycles. The quantitative estimate of drug-likeness (QED) is 0.327. The van der Waals surface area contributed by atoms with Crippen LogP contribution >= 0.6 is 0 Å². The number of hydrogen-bond acceptors (Lipinski definition) is 4. The van der Waals surface area contributed by atoms with Gasteiger partial charge < -0.3 is 5.73 Å². The van der Waals surface area contributed by atoms with Gasteiger partial charge in [0.1, 0.15) is 0 Å². The average Bonchev–Trinajstić information content (AvgIpc) is 2.47. The van der Waals surface area contributed by atoms with Gasteiger partial charge in [-0.1, -0.05) is 30.3 Å². The first kappa shape index (κ1) is 13.6. The Labute approximate surface area is 115 Å². The lowest BCUT2D eigenvalue weighted by Crippen LogP contribution is -2.50. The number of hydrogen-bond donors (Lipinski definition) is 3. The summed E-state index contributed by atoms with van der Waals surface area (Å²) in [6, 6.07) is 14.9. The minimum atomic E-state index is -0.546. The summed E-state index contributed by atoms with van der Waals surface area (Å²) in [6.07, 6.45) is 0. The zero-order valence-corrected chi connectivity index (χ0v) is 10.6. The number of nitrogens with two attached hydrogens (primary N) is 2. The van der Waals surface area contributed by atoms with E-state index in [0.29, 0.717) is 16.4 Å². The molecule has 2 amide bonds. The van der Waals surface area contributed by atoms with E-state index in [-0.39, 0.29) is 5.56 Å². The summed E-state index contributed by atoms with van der Waals surface area (Å²) in [7, 11) is 0. The summed E-state index contributed by atoms with van der Waals surface area (Å²) >= 11 is 0. The van der Waals surface area contributed by atoms with Crippen LogP contribution in [0.15, 0.2) is 54.6 Å². The number of nitrogens with one attached hydrogen (secondary N) is 1. The number of nitrogens with zero attached hydrogens (tertiary/aromatic N) is 1. The van der Waals surface area contributed by atoms with Crippen molar-refractivity contribution < 1.29 is 9.59 Å². The van der Waals surface area contributed by atoms with Gasteiger partial charge in [0.25, 0.3) is 11.8 Å². The maximum Gasteiger partial charge on any atom is 0.287 e. The third-order valence-corrected chi connectivity index (χ3v) is 2.67. The maximum absolute atomic E-state index is 12.0. The fourth-order valence-electron chi connectivity index (χ4n) is 1.64. The molecule has 5 N–H and O–H groups in total. The molecular weight excluding hydrogens is 256 g/mol. The topological polar surface area (TPSA) is 101 Å². The van der Waals surface area contributed by atoms with Crippen LogP contribution in [0.5, 0.6) is 0 Å². The lowest BCUT2D eigenvalue weighted by atomic mass is 10.2. The van der Waals surface area contributed by atoms with Crippen LogP contribution in [-0.2, 0) is 0 Å².